The Balaban J connectivity index is 1.79. The van der Waals surface area contributed by atoms with Gasteiger partial charge in [0.05, 0.1) is 32.4 Å². The summed E-state index contributed by atoms with van der Waals surface area (Å²) in [5, 5.41) is 24.9. The molecule has 1 aromatic heterocycles. The average Bonchev–Trinajstić information content (AvgIpc) is 3.30. The molecule has 3 rings (SSSR count). The number of nitrogens with zero attached hydrogens (tertiary/aromatic N) is 2. The zero-order valence-electron chi connectivity index (χ0n) is 20.1. The monoisotopic (exact) mass is 466 g/mol. The molecule has 0 amide bonds. The Labute approximate surface area is 201 Å². The number of carboxylic acids is 1. The van der Waals surface area contributed by atoms with Gasteiger partial charge in [0.2, 0.25) is 0 Å². The van der Waals surface area contributed by atoms with E-state index in [9.17, 15) is 9.90 Å². The SMILES string of the molecule is COc1cc([C@@H](O)[C@@H](CCCc2ccccc2)Cn2ccc(CCC(=O)O)n2)cc(OC)c1C. The van der Waals surface area contributed by atoms with Gasteiger partial charge in [-0.15, -0.1) is 0 Å². The molecule has 3 aromatic rings. The average molecular weight is 467 g/mol. The summed E-state index contributed by atoms with van der Waals surface area (Å²) in [6.07, 6.45) is 4.17. The van der Waals surface area contributed by atoms with Gasteiger partial charge in [-0.25, -0.2) is 0 Å². The number of hydrogen-bond acceptors (Lipinski definition) is 5. The highest BCUT2D eigenvalue weighted by Gasteiger charge is 2.24. The van der Waals surface area contributed by atoms with E-state index in [1.54, 1.807) is 18.9 Å². The molecule has 0 radical (unpaired) electrons. The van der Waals surface area contributed by atoms with Crippen molar-refractivity contribution in [3.63, 3.8) is 0 Å². The predicted molar refractivity (Wildman–Crippen MR) is 130 cm³/mol. The first-order chi connectivity index (χ1) is 16.4. The van der Waals surface area contributed by atoms with Crippen LogP contribution in [0.5, 0.6) is 11.5 Å². The molecule has 0 aliphatic carbocycles. The number of benzene rings is 2. The van der Waals surface area contributed by atoms with Crippen LogP contribution in [0.3, 0.4) is 0 Å². The number of rotatable bonds is 13. The molecule has 2 aromatic carbocycles. The van der Waals surface area contributed by atoms with E-state index in [-0.39, 0.29) is 12.3 Å². The Morgan fingerprint density at radius 3 is 2.35 bits per heavy atom. The Morgan fingerprint density at radius 2 is 1.74 bits per heavy atom. The second-order valence-corrected chi connectivity index (χ2v) is 8.56. The number of carboxylic acid groups (broad SMARTS) is 1. The van der Waals surface area contributed by atoms with Gasteiger partial charge in [0.15, 0.2) is 0 Å². The quantitative estimate of drug-likeness (QED) is 0.382. The molecule has 2 N–H and O–H groups in total. The minimum atomic E-state index is -0.842. The molecular weight excluding hydrogens is 432 g/mol. The lowest BCUT2D eigenvalue weighted by atomic mass is 9.89. The zero-order valence-corrected chi connectivity index (χ0v) is 20.1. The van der Waals surface area contributed by atoms with Crippen molar-refractivity contribution in [1.82, 2.24) is 9.78 Å². The van der Waals surface area contributed by atoms with Crippen molar-refractivity contribution in [3.8, 4) is 11.5 Å². The van der Waals surface area contributed by atoms with E-state index in [1.165, 1.54) is 5.56 Å². The third-order valence-corrected chi connectivity index (χ3v) is 6.16. The molecule has 0 saturated heterocycles. The molecule has 34 heavy (non-hydrogen) atoms. The van der Waals surface area contributed by atoms with E-state index >= 15 is 0 Å². The number of methoxy groups -OCH3 is 2. The van der Waals surface area contributed by atoms with Crippen molar-refractivity contribution in [2.75, 3.05) is 14.2 Å². The third-order valence-electron chi connectivity index (χ3n) is 6.16. The molecule has 0 bridgehead atoms. The van der Waals surface area contributed by atoms with Crippen LogP contribution in [0.2, 0.25) is 0 Å². The summed E-state index contributed by atoms with van der Waals surface area (Å²) >= 11 is 0. The predicted octanol–water partition coefficient (Wildman–Crippen LogP) is 4.60. The highest BCUT2D eigenvalue weighted by Crippen LogP contribution is 2.36. The summed E-state index contributed by atoms with van der Waals surface area (Å²) in [5.74, 6) is 0.400. The second-order valence-electron chi connectivity index (χ2n) is 8.56. The molecule has 7 heteroatoms. The fraction of sp³-hybridized carbons (Fsp3) is 0.407. The fourth-order valence-corrected chi connectivity index (χ4v) is 4.23. The van der Waals surface area contributed by atoms with Gasteiger partial charge in [-0.05, 0) is 55.5 Å². The number of hydrogen-bond donors (Lipinski definition) is 2. The van der Waals surface area contributed by atoms with E-state index in [0.717, 1.165) is 36.1 Å². The smallest absolute Gasteiger partial charge is 0.303 e. The number of aliphatic hydroxyl groups is 1. The van der Waals surface area contributed by atoms with Crippen LogP contribution >= 0.6 is 0 Å². The van der Waals surface area contributed by atoms with Crippen LogP contribution in [0.25, 0.3) is 0 Å². The molecule has 0 aliphatic rings. The minimum Gasteiger partial charge on any atom is -0.496 e. The normalized spacial score (nSPS) is 12.8. The first-order valence-electron chi connectivity index (χ1n) is 11.6. The van der Waals surface area contributed by atoms with Crippen LogP contribution in [-0.4, -0.2) is 40.2 Å². The number of aliphatic carboxylic acids is 1. The van der Waals surface area contributed by atoms with Crippen molar-refractivity contribution in [1.29, 1.82) is 0 Å². The number of aryl methyl sites for hydroxylation is 2. The fourth-order valence-electron chi connectivity index (χ4n) is 4.23. The van der Waals surface area contributed by atoms with Crippen molar-refractivity contribution in [2.24, 2.45) is 5.92 Å². The van der Waals surface area contributed by atoms with Crippen molar-refractivity contribution in [2.45, 2.75) is 51.7 Å². The van der Waals surface area contributed by atoms with E-state index < -0.39 is 12.1 Å². The van der Waals surface area contributed by atoms with Gasteiger partial charge in [0, 0.05) is 30.6 Å². The van der Waals surface area contributed by atoms with E-state index in [2.05, 4.69) is 17.2 Å². The van der Waals surface area contributed by atoms with Crippen molar-refractivity contribution in [3.05, 3.63) is 77.1 Å². The summed E-state index contributed by atoms with van der Waals surface area (Å²) in [6.45, 7) is 2.44. The summed E-state index contributed by atoms with van der Waals surface area (Å²) in [7, 11) is 3.22. The first kappa shape index (κ1) is 25.3. The van der Waals surface area contributed by atoms with Gasteiger partial charge in [0.25, 0.3) is 0 Å². The maximum atomic E-state index is 11.4. The lowest BCUT2D eigenvalue weighted by molar-refractivity contribution is -0.136. The summed E-state index contributed by atoms with van der Waals surface area (Å²) < 4.78 is 12.8. The standard InChI is InChI=1S/C27H34N2O5/c1-19-24(33-2)16-22(17-25(19)34-3)27(32)21(11-7-10-20-8-5-4-6-9-20)18-29-15-14-23(28-29)12-13-26(30)31/h4-6,8-9,14-17,21,27,32H,7,10-13,18H2,1-3H3,(H,30,31)/t21-,27-/m0/s1. The van der Waals surface area contributed by atoms with Gasteiger partial charge in [0.1, 0.15) is 11.5 Å². The molecule has 2 atom stereocenters. The van der Waals surface area contributed by atoms with E-state index in [0.29, 0.717) is 24.5 Å². The molecule has 1 heterocycles. The molecule has 182 valence electrons. The Morgan fingerprint density at radius 1 is 1.06 bits per heavy atom. The summed E-state index contributed by atoms with van der Waals surface area (Å²) in [5.41, 5.74) is 3.63. The summed E-state index contributed by atoms with van der Waals surface area (Å²) in [4.78, 5) is 10.9. The summed E-state index contributed by atoms with van der Waals surface area (Å²) in [6, 6.07) is 15.9. The van der Waals surface area contributed by atoms with Gasteiger partial charge in [-0.2, -0.15) is 5.10 Å². The number of ether oxygens (including phenoxy) is 2. The van der Waals surface area contributed by atoms with Crippen LogP contribution in [0.15, 0.2) is 54.7 Å². The van der Waals surface area contributed by atoms with Gasteiger partial charge >= 0.3 is 5.97 Å². The van der Waals surface area contributed by atoms with Gasteiger partial charge < -0.3 is 19.7 Å². The van der Waals surface area contributed by atoms with Crippen LogP contribution < -0.4 is 9.47 Å². The second kappa shape index (κ2) is 12.2. The Bertz CT molecular complexity index is 1040. The molecule has 7 nitrogen and oxygen atoms in total. The molecule has 0 fully saturated rings. The Kier molecular flexibility index (Phi) is 9.10. The first-order valence-corrected chi connectivity index (χ1v) is 11.6. The molecule has 0 saturated carbocycles. The highest BCUT2D eigenvalue weighted by atomic mass is 16.5. The van der Waals surface area contributed by atoms with Gasteiger partial charge in [-0.1, -0.05) is 30.3 Å². The highest BCUT2D eigenvalue weighted by molar-refractivity contribution is 5.66. The molecule has 0 unspecified atom stereocenters. The lowest BCUT2D eigenvalue weighted by Crippen LogP contribution is -2.20. The van der Waals surface area contributed by atoms with E-state index in [4.69, 9.17) is 14.6 Å². The van der Waals surface area contributed by atoms with Crippen LogP contribution in [0, 0.1) is 12.8 Å². The van der Waals surface area contributed by atoms with Crippen LogP contribution in [0.4, 0.5) is 0 Å². The van der Waals surface area contributed by atoms with Crippen molar-refractivity contribution >= 4 is 5.97 Å². The van der Waals surface area contributed by atoms with Gasteiger partial charge in [-0.3, -0.25) is 9.48 Å². The maximum Gasteiger partial charge on any atom is 0.303 e. The largest absolute Gasteiger partial charge is 0.496 e. The lowest BCUT2D eigenvalue weighted by Gasteiger charge is -2.25. The molecular formula is C27H34N2O5. The molecule has 0 aliphatic heterocycles. The van der Waals surface area contributed by atoms with E-state index in [1.807, 2.05) is 49.5 Å². The molecule has 0 spiro atoms. The number of aliphatic hydroxyl groups excluding tert-OH is 1. The maximum absolute atomic E-state index is 11.4. The number of carbonyl (C=O) groups is 1. The Hall–Kier alpha value is -3.32. The third kappa shape index (κ3) is 6.84. The minimum absolute atomic E-state index is 0.0447. The van der Waals surface area contributed by atoms with Crippen molar-refractivity contribution < 1.29 is 24.5 Å². The zero-order chi connectivity index (χ0) is 24.5. The topological polar surface area (TPSA) is 93.8 Å². The van der Waals surface area contributed by atoms with Crippen LogP contribution in [-0.2, 0) is 24.2 Å². The van der Waals surface area contributed by atoms with Crippen LogP contribution in [0.1, 0.15) is 47.8 Å². The number of aromatic nitrogens is 2.